The Kier molecular flexibility index (Phi) is 9.51. The summed E-state index contributed by atoms with van der Waals surface area (Å²) in [5, 5.41) is 17.3. The molecule has 7 rings (SSSR count). The third-order valence-electron chi connectivity index (χ3n) is 5.63. The molecule has 4 aromatic rings. The van der Waals surface area contributed by atoms with Crippen LogP contribution in [0.3, 0.4) is 0 Å². The van der Waals surface area contributed by atoms with Gasteiger partial charge in [-0.15, -0.1) is 0 Å². The molecule has 1 aliphatic carbocycles. The molecule has 4 aromatic carbocycles. The molecule has 2 N–H and O–H groups in total. The molecule has 2 heterocycles. The fourth-order valence-corrected chi connectivity index (χ4v) is 3.60. The summed E-state index contributed by atoms with van der Waals surface area (Å²) in [6, 6.07) is 34.7. The lowest BCUT2D eigenvalue weighted by atomic mass is 10.1. The van der Waals surface area contributed by atoms with Gasteiger partial charge in [-0.2, -0.15) is 0 Å². The van der Waals surface area contributed by atoms with Crippen molar-refractivity contribution in [2.24, 2.45) is 0 Å². The number of hydrogen-bond donors (Lipinski definition) is 2. The van der Waals surface area contributed by atoms with E-state index in [1.807, 2.05) is 12.1 Å². The first-order chi connectivity index (χ1) is 17.7. The summed E-state index contributed by atoms with van der Waals surface area (Å²) >= 11 is 0. The molecule has 3 aliphatic rings. The first kappa shape index (κ1) is 25.5. The van der Waals surface area contributed by atoms with E-state index in [1.165, 1.54) is 22.3 Å². The molecule has 0 aromatic heterocycles. The Bertz CT molecular complexity index is 1080. The lowest BCUT2D eigenvalue weighted by Gasteiger charge is -1.98. The Labute approximate surface area is 212 Å². The fourth-order valence-electron chi connectivity index (χ4n) is 3.60. The second-order valence-corrected chi connectivity index (χ2v) is 8.61. The Balaban J connectivity index is 0.000000117. The minimum atomic E-state index is 0.322. The lowest BCUT2D eigenvalue weighted by Crippen LogP contribution is -2.06. The van der Waals surface area contributed by atoms with Crippen molar-refractivity contribution < 1.29 is 24.4 Å². The van der Waals surface area contributed by atoms with Gasteiger partial charge in [-0.25, -0.2) is 0 Å². The monoisotopic (exact) mass is 484 g/mol. The smallest absolute Gasteiger partial charge is 0.115 e. The Hall–Kier alpha value is -3.64. The van der Waals surface area contributed by atoms with Crippen molar-refractivity contribution in [3.05, 3.63) is 120 Å². The van der Waals surface area contributed by atoms with Gasteiger partial charge in [0.25, 0.3) is 0 Å². The minimum absolute atomic E-state index is 0.322. The molecule has 2 fully saturated rings. The maximum atomic E-state index is 8.63. The van der Waals surface area contributed by atoms with Crippen molar-refractivity contribution in [1.29, 1.82) is 0 Å². The quantitative estimate of drug-likeness (QED) is 0.313. The van der Waals surface area contributed by atoms with Crippen LogP contribution in [0.2, 0.25) is 0 Å². The average Bonchev–Trinajstić information content (AvgIpc) is 3.85. The minimum Gasteiger partial charge on any atom is -0.508 e. The summed E-state index contributed by atoms with van der Waals surface area (Å²) in [5.74, 6) is 0.644. The van der Waals surface area contributed by atoms with Gasteiger partial charge in [-0.3, -0.25) is 0 Å². The van der Waals surface area contributed by atoms with Crippen molar-refractivity contribution in [2.75, 3.05) is 26.4 Å². The van der Waals surface area contributed by atoms with E-state index in [2.05, 4.69) is 48.5 Å². The van der Waals surface area contributed by atoms with E-state index in [0.717, 1.165) is 32.8 Å². The van der Waals surface area contributed by atoms with Crippen LogP contribution in [0.4, 0.5) is 0 Å². The van der Waals surface area contributed by atoms with Crippen LogP contribution in [0.1, 0.15) is 11.1 Å². The van der Waals surface area contributed by atoms with Crippen LogP contribution in [0.25, 0.3) is 11.1 Å². The number of benzene rings is 4. The number of phenolic OH excluding ortho intramolecular Hbond substituents is 2. The molecule has 2 aliphatic heterocycles. The van der Waals surface area contributed by atoms with Crippen LogP contribution in [0.5, 0.6) is 11.5 Å². The highest BCUT2D eigenvalue weighted by Gasteiger charge is 2.26. The summed E-state index contributed by atoms with van der Waals surface area (Å²) in [6.45, 7) is 3.26. The van der Waals surface area contributed by atoms with E-state index >= 15 is 0 Å². The van der Waals surface area contributed by atoms with Gasteiger partial charge >= 0.3 is 0 Å². The molecular formula is C31H32O5. The van der Waals surface area contributed by atoms with Crippen molar-refractivity contribution in [2.45, 2.75) is 18.6 Å². The molecule has 36 heavy (non-hydrogen) atoms. The standard InChI is InChI=1S/C13H10.C6H10O3.2C6H6O/c1-3-7-12-10(5-1)9-11-6-2-4-8-13(11)12;1(5-3-8-5)7-2-6-4-9-6;2*7-6-4-2-1-3-5-6/h1-8H,9H2;5-6H,1-4H2;2*1-5,7H. The van der Waals surface area contributed by atoms with Gasteiger partial charge in [0.2, 0.25) is 0 Å². The van der Waals surface area contributed by atoms with E-state index in [4.69, 9.17) is 24.4 Å². The van der Waals surface area contributed by atoms with Crippen LogP contribution in [-0.2, 0) is 20.6 Å². The van der Waals surface area contributed by atoms with Gasteiger partial charge in [0.1, 0.15) is 23.7 Å². The van der Waals surface area contributed by atoms with Gasteiger partial charge in [0, 0.05) is 0 Å². The number of fused-ring (bicyclic) bond motifs is 3. The van der Waals surface area contributed by atoms with Crippen molar-refractivity contribution in [1.82, 2.24) is 0 Å². The highest BCUT2D eigenvalue weighted by atomic mass is 16.6. The van der Waals surface area contributed by atoms with Gasteiger partial charge in [0.05, 0.1) is 26.4 Å². The summed E-state index contributed by atoms with van der Waals surface area (Å²) in [7, 11) is 0. The van der Waals surface area contributed by atoms with E-state index < -0.39 is 0 Å². The normalized spacial score (nSPS) is 17.4. The maximum absolute atomic E-state index is 8.63. The van der Waals surface area contributed by atoms with Gasteiger partial charge in [-0.1, -0.05) is 84.9 Å². The third kappa shape index (κ3) is 8.86. The molecule has 2 atom stereocenters. The van der Waals surface area contributed by atoms with E-state index in [1.54, 1.807) is 48.5 Å². The number of phenols is 2. The summed E-state index contributed by atoms with van der Waals surface area (Å²) in [5.41, 5.74) is 5.75. The van der Waals surface area contributed by atoms with Gasteiger partial charge in [-0.05, 0) is 52.9 Å². The first-order valence-electron chi connectivity index (χ1n) is 12.1. The Morgan fingerprint density at radius 2 is 0.917 bits per heavy atom. The fraction of sp³-hybridized carbons (Fsp3) is 0.226. The molecule has 5 nitrogen and oxygen atoms in total. The molecule has 0 bridgehead atoms. The van der Waals surface area contributed by atoms with Gasteiger partial charge < -0.3 is 24.4 Å². The molecule has 186 valence electrons. The van der Waals surface area contributed by atoms with Crippen LogP contribution >= 0.6 is 0 Å². The molecule has 5 heteroatoms. The van der Waals surface area contributed by atoms with E-state index in [0.29, 0.717) is 23.7 Å². The topological polar surface area (TPSA) is 74.8 Å². The molecule has 0 saturated carbocycles. The molecule has 2 unspecified atom stereocenters. The van der Waals surface area contributed by atoms with Crippen LogP contribution in [0.15, 0.2) is 109 Å². The van der Waals surface area contributed by atoms with Crippen molar-refractivity contribution in [3.63, 3.8) is 0 Å². The van der Waals surface area contributed by atoms with E-state index in [-0.39, 0.29) is 0 Å². The number of aromatic hydroxyl groups is 2. The van der Waals surface area contributed by atoms with E-state index in [9.17, 15) is 0 Å². The summed E-state index contributed by atoms with van der Waals surface area (Å²) < 4.78 is 15.1. The second-order valence-electron chi connectivity index (χ2n) is 8.61. The zero-order chi connectivity index (χ0) is 25.0. The molecule has 2 saturated heterocycles. The zero-order valence-corrected chi connectivity index (χ0v) is 20.2. The summed E-state index contributed by atoms with van der Waals surface area (Å²) in [4.78, 5) is 0. The maximum Gasteiger partial charge on any atom is 0.115 e. The second kappa shape index (κ2) is 13.4. The van der Waals surface area contributed by atoms with Crippen molar-refractivity contribution >= 4 is 0 Å². The summed E-state index contributed by atoms with van der Waals surface area (Å²) in [6.07, 6.45) is 1.89. The van der Waals surface area contributed by atoms with Crippen molar-refractivity contribution in [3.8, 4) is 22.6 Å². The van der Waals surface area contributed by atoms with Crippen LogP contribution in [-0.4, -0.2) is 48.8 Å². The van der Waals surface area contributed by atoms with Gasteiger partial charge in [0.15, 0.2) is 0 Å². The molecular weight excluding hydrogens is 452 g/mol. The number of hydrogen-bond acceptors (Lipinski definition) is 5. The first-order valence-corrected chi connectivity index (χ1v) is 12.1. The Morgan fingerprint density at radius 3 is 1.25 bits per heavy atom. The SMILES string of the molecule is C(OCC1CO1)C1CO1.Oc1ccccc1.Oc1ccccc1.c1ccc2c(c1)Cc1ccccc1-2. The largest absolute Gasteiger partial charge is 0.508 e. The average molecular weight is 485 g/mol. The predicted octanol–water partition coefficient (Wildman–Crippen LogP) is 5.84. The number of epoxide rings is 2. The zero-order valence-electron chi connectivity index (χ0n) is 20.2. The number of rotatable bonds is 4. The lowest BCUT2D eigenvalue weighted by molar-refractivity contribution is 0.102. The van der Waals surface area contributed by atoms with Crippen LogP contribution < -0.4 is 0 Å². The molecule has 0 spiro atoms. The number of para-hydroxylation sites is 2. The van der Waals surface area contributed by atoms with Crippen LogP contribution in [0, 0.1) is 0 Å². The highest BCUT2D eigenvalue weighted by Crippen LogP contribution is 2.35. The third-order valence-corrected chi connectivity index (χ3v) is 5.63. The Morgan fingerprint density at radius 1 is 0.556 bits per heavy atom. The highest BCUT2D eigenvalue weighted by molar-refractivity contribution is 5.76. The predicted molar refractivity (Wildman–Crippen MR) is 141 cm³/mol. The molecule has 0 radical (unpaired) electrons. The molecule has 0 amide bonds. The number of ether oxygens (including phenoxy) is 3.